The maximum Gasteiger partial charge on any atom is 0.203 e. The van der Waals surface area contributed by atoms with Crippen LogP contribution in [0.15, 0.2) is 42.5 Å². The van der Waals surface area contributed by atoms with Crippen molar-refractivity contribution in [3.8, 4) is 11.5 Å². The van der Waals surface area contributed by atoms with E-state index >= 15 is 0 Å². The van der Waals surface area contributed by atoms with Crippen LogP contribution in [-0.4, -0.2) is 19.5 Å². The van der Waals surface area contributed by atoms with Gasteiger partial charge in [-0.25, -0.2) is 4.39 Å². The van der Waals surface area contributed by atoms with Crippen molar-refractivity contribution in [1.29, 1.82) is 0 Å². The standard InChI is InChI=1S/C15H12ClFO3/c1-19-14-5-3-2-4-11(14)13(18)9-20-15-7-6-10(17)8-12(15)16/h2-8H,9H2,1H3. The highest BCUT2D eigenvalue weighted by atomic mass is 35.5. The molecule has 0 atom stereocenters. The summed E-state index contributed by atoms with van der Waals surface area (Å²) < 4.78 is 23.3. The van der Waals surface area contributed by atoms with Gasteiger partial charge in [0.05, 0.1) is 17.7 Å². The summed E-state index contributed by atoms with van der Waals surface area (Å²) in [5.74, 6) is 0.0314. The lowest BCUT2D eigenvalue weighted by Gasteiger charge is -2.09. The molecule has 0 radical (unpaired) electrons. The quantitative estimate of drug-likeness (QED) is 0.788. The summed E-state index contributed by atoms with van der Waals surface area (Å²) in [5, 5.41) is 0.123. The average molecular weight is 295 g/mol. The van der Waals surface area contributed by atoms with E-state index in [9.17, 15) is 9.18 Å². The minimum Gasteiger partial charge on any atom is -0.496 e. The van der Waals surface area contributed by atoms with Gasteiger partial charge >= 0.3 is 0 Å². The summed E-state index contributed by atoms with van der Waals surface area (Å²) in [6.07, 6.45) is 0. The minimum absolute atomic E-state index is 0.123. The molecule has 0 saturated carbocycles. The Hall–Kier alpha value is -2.07. The molecular weight excluding hydrogens is 283 g/mol. The second kappa shape index (κ2) is 6.39. The first-order valence-electron chi connectivity index (χ1n) is 5.86. The number of carbonyl (C=O) groups excluding carboxylic acids is 1. The predicted octanol–water partition coefficient (Wildman–Crippen LogP) is 3.75. The average Bonchev–Trinajstić information content (AvgIpc) is 2.46. The summed E-state index contributed by atoms with van der Waals surface area (Å²) in [7, 11) is 1.49. The molecule has 0 unspecified atom stereocenters. The first kappa shape index (κ1) is 14.3. The summed E-state index contributed by atoms with van der Waals surface area (Å²) in [5.41, 5.74) is 0.424. The van der Waals surface area contributed by atoms with Crippen molar-refractivity contribution >= 4 is 17.4 Å². The molecule has 0 aliphatic rings. The van der Waals surface area contributed by atoms with Crippen molar-refractivity contribution in [2.45, 2.75) is 0 Å². The number of hydrogen-bond donors (Lipinski definition) is 0. The van der Waals surface area contributed by atoms with E-state index in [2.05, 4.69) is 0 Å². The maximum atomic E-state index is 12.9. The van der Waals surface area contributed by atoms with Gasteiger partial charge < -0.3 is 9.47 Å². The van der Waals surface area contributed by atoms with E-state index in [4.69, 9.17) is 21.1 Å². The molecule has 0 saturated heterocycles. The maximum absolute atomic E-state index is 12.9. The number of Topliss-reactive ketones (excluding diaryl/α,β-unsaturated/α-hetero) is 1. The van der Waals surface area contributed by atoms with Crippen LogP contribution in [0.25, 0.3) is 0 Å². The molecule has 0 amide bonds. The number of carbonyl (C=O) groups is 1. The van der Waals surface area contributed by atoms with E-state index in [1.165, 1.54) is 19.2 Å². The van der Waals surface area contributed by atoms with Crippen LogP contribution in [0.5, 0.6) is 11.5 Å². The van der Waals surface area contributed by atoms with Crippen molar-refractivity contribution in [2.24, 2.45) is 0 Å². The Morgan fingerprint density at radius 2 is 1.95 bits per heavy atom. The molecule has 0 aliphatic carbocycles. The Bertz CT molecular complexity index is 628. The van der Waals surface area contributed by atoms with E-state index in [0.29, 0.717) is 11.3 Å². The van der Waals surface area contributed by atoms with E-state index in [0.717, 1.165) is 6.07 Å². The zero-order chi connectivity index (χ0) is 14.5. The molecule has 2 rings (SSSR count). The van der Waals surface area contributed by atoms with Crippen molar-refractivity contribution in [3.05, 3.63) is 58.9 Å². The fourth-order valence-corrected chi connectivity index (χ4v) is 1.91. The van der Waals surface area contributed by atoms with Crippen LogP contribution in [0.2, 0.25) is 5.02 Å². The van der Waals surface area contributed by atoms with Crippen molar-refractivity contribution in [1.82, 2.24) is 0 Å². The smallest absolute Gasteiger partial charge is 0.203 e. The third kappa shape index (κ3) is 3.27. The molecule has 0 heterocycles. The van der Waals surface area contributed by atoms with Gasteiger partial charge in [-0.2, -0.15) is 0 Å². The lowest BCUT2D eigenvalue weighted by Crippen LogP contribution is -2.12. The second-order valence-corrected chi connectivity index (χ2v) is 4.39. The van der Waals surface area contributed by atoms with Crippen LogP contribution in [0, 0.1) is 5.82 Å². The topological polar surface area (TPSA) is 35.5 Å². The van der Waals surface area contributed by atoms with Crippen LogP contribution in [0.1, 0.15) is 10.4 Å². The monoisotopic (exact) mass is 294 g/mol. The third-order valence-corrected chi connectivity index (χ3v) is 2.96. The van der Waals surface area contributed by atoms with Gasteiger partial charge in [-0.1, -0.05) is 23.7 Å². The fourth-order valence-electron chi connectivity index (χ4n) is 1.69. The molecule has 0 fully saturated rings. The highest BCUT2D eigenvalue weighted by molar-refractivity contribution is 6.32. The molecule has 0 spiro atoms. The Labute approximate surface area is 120 Å². The first-order chi connectivity index (χ1) is 9.61. The largest absolute Gasteiger partial charge is 0.496 e. The van der Waals surface area contributed by atoms with Crippen LogP contribution in [0.4, 0.5) is 4.39 Å². The van der Waals surface area contributed by atoms with Gasteiger partial charge in [-0.15, -0.1) is 0 Å². The van der Waals surface area contributed by atoms with Crippen molar-refractivity contribution in [3.63, 3.8) is 0 Å². The highest BCUT2D eigenvalue weighted by Gasteiger charge is 2.13. The van der Waals surface area contributed by atoms with Gasteiger partial charge in [-0.05, 0) is 30.3 Å². The van der Waals surface area contributed by atoms with Gasteiger partial charge in [0.1, 0.15) is 17.3 Å². The molecular formula is C15H12ClFO3. The zero-order valence-corrected chi connectivity index (χ0v) is 11.5. The lowest BCUT2D eigenvalue weighted by molar-refractivity contribution is 0.0918. The Morgan fingerprint density at radius 1 is 1.20 bits per heavy atom. The number of benzene rings is 2. The molecule has 0 N–H and O–H groups in total. The number of ether oxygens (including phenoxy) is 2. The van der Waals surface area contributed by atoms with E-state index in [-0.39, 0.29) is 23.2 Å². The Balaban J connectivity index is 2.09. The number of para-hydroxylation sites is 1. The fraction of sp³-hybridized carbons (Fsp3) is 0.133. The number of methoxy groups -OCH3 is 1. The molecule has 2 aromatic carbocycles. The molecule has 20 heavy (non-hydrogen) atoms. The Morgan fingerprint density at radius 3 is 2.65 bits per heavy atom. The Kier molecular flexibility index (Phi) is 4.58. The molecule has 104 valence electrons. The molecule has 0 bridgehead atoms. The number of hydrogen-bond acceptors (Lipinski definition) is 3. The molecule has 0 aromatic heterocycles. The molecule has 5 heteroatoms. The van der Waals surface area contributed by atoms with Crippen LogP contribution in [0.3, 0.4) is 0 Å². The SMILES string of the molecule is COc1ccccc1C(=O)COc1ccc(F)cc1Cl. The summed E-state index contributed by atoms with van der Waals surface area (Å²) in [6, 6.07) is 10.6. The van der Waals surface area contributed by atoms with E-state index in [1.54, 1.807) is 24.3 Å². The predicted molar refractivity (Wildman–Crippen MR) is 74.2 cm³/mol. The summed E-state index contributed by atoms with van der Waals surface area (Å²) in [4.78, 5) is 12.1. The molecule has 0 aliphatic heterocycles. The second-order valence-electron chi connectivity index (χ2n) is 3.99. The lowest BCUT2D eigenvalue weighted by atomic mass is 10.1. The minimum atomic E-state index is -0.460. The van der Waals surface area contributed by atoms with E-state index < -0.39 is 5.82 Å². The number of rotatable bonds is 5. The van der Waals surface area contributed by atoms with Crippen LogP contribution >= 0.6 is 11.6 Å². The summed E-state index contributed by atoms with van der Waals surface area (Å²) in [6.45, 7) is -0.203. The highest BCUT2D eigenvalue weighted by Crippen LogP contribution is 2.25. The van der Waals surface area contributed by atoms with Crippen molar-refractivity contribution in [2.75, 3.05) is 13.7 Å². The van der Waals surface area contributed by atoms with E-state index in [1.807, 2.05) is 0 Å². The molecule has 3 nitrogen and oxygen atoms in total. The third-order valence-electron chi connectivity index (χ3n) is 2.66. The van der Waals surface area contributed by atoms with Gasteiger partial charge in [-0.3, -0.25) is 4.79 Å². The van der Waals surface area contributed by atoms with Crippen molar-refractivity contribution < 1.29 is 18.7 Å². The number of halogens is 2. The normalized spacial score (nSPS) is 10.2. The van der Waals surface area contributed by atoms with Gasteiger partial charge in [0.25, 0.3) is 0 Å². The van der Waals surface area contributed by atoms with Gasteiger partial charge in [0.2, 0.25) is 5.78 Å². The first-order valence-corrected chi connectivity index (χ1v) is 6.23. The van der Waals surface area contributed by atoms with Gasteiger partial charge in [0, 0.05) is 0 Å². The zero-order valence-electron chi connectivity index (χ0n) is 10.7. The number of ketones is 1. The summed E-state index contributed by atoms with van der Waals surface area (Å²) >= 11 is 5.82. The van der Waals surface area contributed by atoms with Gasteiger partial charge in [0.15, 0.2) is 6.61 Å². The molecule has 2 aromatic rings. The van der Waals surface area contributed by atoms with Crippen LogP contribution < -0.4 is 9.47 Å². The van der Waals surface area contributed by atoms with Crippen LogP contribution in [-0.2, 0) is 0 Å².